The van der Waals surface area contributed by atoms with E-state index in [1.54, 1.807) is 7.05 Å². The summed E-state index contributed by atoms with van der Waals surface area (Å²) in [5.74, 6) is 0.0879. The van der Waals surface area contributed by atoms with E-state index in [-0.39, 0.29) is 17.2 Å². The van der Waals surface area contributed by atoms with Gasteiger partial charge < -0.3 is 5.32 Å². The fourth-order valence-electron chi connectivity index (χ4n) is 3.17. The molecule has 0 fully saturated rings. The highest BCUT2D eigenvalue weighted by Gasteiger charge is 2.16. The lowest BCUT2D eigenvalue weighted by molar-refractivity contribution is -0.113. The van der Waals surface area contributed by atoms with Gasteiger partial charge in [0.25, 0.3) is 5.56 Å². The second kappa shape index (κ2) is 7.48. The van der Waals surface area contributed by atoms with Crippen molar-refractivity contribution in [2.45, 2.75) is 39.8 Å². The number of aromatic nitrogens is 2. The van der Waals surface area contributed by atoms with Gasteiger partial charge in [-0.1, -0.05) is 29.5 Å². The smallest absolute Gasteiger partial charge is 0.262 e. The maximum Gasteiger partial charge on any atom is 0.262 e. The zero-order valence-corrected chi connectivity index (χ0v) is 18.0. The summed E-state index contributed by atoms with van der Waals surface area (Å²) in [5.41, 5.74) is 5.04. The standard InChI is InChI=1S/C20H23N3O2S2/c1-10-7-11(2)17(12(3)8-10)21-15(24)9-26-20-22-18-16(19(25)23(20)6)13(4)14(5)27-18/h7-8H,9H2,1-6H3,(H,21,24). The first-order valence-electron chi connectivity index (χ1n) is 8.66. The molecule has 0 aliphatic carbocycles. The summed E-state index contributed by atoms with van der Waals surface area (Å²) in [6.45, 7) is 9.96. The number of anilines is 1. The second-order valence-electron chi connectivity index (χ2n) is 6.83. The molecule has 3 rings (SSSR count). The van der Waals surface area contributed by atoms with Crippen molar-refractivity contribution in [2.75, 3.05) is 11.1 Å². The number of benzene rings is 1. The van der Waals surface area contributed by atoms with Crippen molar-refractivity contribution in [2.24, 2.45) is 7.05 Å². The highest BCUT2D eigenvalue weighted by atomic mass is 32.2. The minimum Gasteiger partial charge on any atom is -0.325 e. The number of nitrogens with one attached hydrogen (secondary N) is 1. The van der Waals surface area contributed by atoms with Gasteiger partial charge in [-0.15, -0.1) is 11.3 Å². The van der Waals surface area contributed by atoms with Crippen molar-refractivity contribution in [3.8, 4) is 0 Å². The molecule has 2 heterocycles. The summed E-state index contributed by atoms with van der Waals surface area (Å²) in [6.07, 6.45) is 0. The van der Waals surface area contributed by atoms with Crippen molar-refractivity contribution in [1.29, 1.82) is 0 Å². The average molecular weight is 402 g/mol. The van der Waals surface area contributed by atoms with Crippen molar-refractivity contribution >= 4 is 44.9 Å². The quantitative estimate of drug-likeness (QED) is 0.524. The predicted molar refractivity (Wildman–Crippen MR) is 114 cm³/mol. The van der Waals surface area contributed by atoms with Gasteiger partial charge in [0.1, 0.15) is 4.83 Å². The van der Waals surface area contributed by atoms with Crippen molar-refractivity contribution < 1.29 is 4.79 Å². The molecule has 2 aromatic heterocycles. The molecule has 0 radical (unpaired) electrons. The summed E-state index contributed by atoms with van der Waals surface area (Å²) in [7, 11) is 1.70. The van der Waals surface area contributed by atoms with E-state index in [0.717, 1.165) is 32.1 Å². The topological polar surface area (TPSA) is 64.0 Å². The predicted octanol–water partition coefficient (Wildman–Crippen LogP) is 4.27. The largest absolute Gasteiger partial charge is 0.325 e. The number of thiophene rings is 1. The third kappa shape index (κ3) is 3.80. The summed E-state index contributed by atoms with van der Waals surface area (Å²) in [6, 6.07) is 4.10. The maximum atomic E-state index is 12.7. The molecule has 3 aromatic rings. The van der Waals surface area contributed by atoms with Crippen LogP contribution in [0.25, 0.3) is 10.2 Å². The Bertz CT molecular complexity index is 1090. The summed E-state index contributed by atoms with van der Waals surface area (Å²) in [5, 5.41) is 4.23. The first kappa shape index (κ1) is 19.6. The minimum absolute atomic E-state index is 0.0602. The molecule has 1 N–H and O–H groups in total. The van der Waals surface area contributed by atoms with Gasteiger partial charge in [-0.25, -0.2) is 4.98 Å². The van der Waals surface area contributed by atoms with Crippen molar-refractivity contribution in [3.05, 3.63) is 49.6 Å². The van der Waals surface area contributed by atoms with E-state index in [4.69, 9.17) is 0 Å². The van der Waals surface area contributed by atoms with Crippen LogP contribution in [0.1, 0.15) is 27.1 Å². The molecule has 27 heavy (non-hydrogen) atoms. The van der Waals surface area contributed by atoms with Gasteiger partial charge in [0.15, 0.2) is 5.16 Å². The molecule has 0 aliphatic rings. The molecule has 0 saturated carbocycles. The van der Waals surface area contributed by atoms with Crippen LogP contribution in [0.15, 0.2) is 22.1 Å². The zero-order chi connectivity index (χ0) is 19.9. The number of nitrogens with zero attached hydrogens (tertiary/aromatic N) is 2. The van der Waals surface area contributed by atoms with Gasteiger partial charge in [0.05, 0.1) is 11.1 Å². The number of amides is 1. The Kier molecular flexibility index (Phi) is 5.44. The molecule has 1 amide bonds. The van der Waals surface area contributed by atoms with Gasteiger partial charge in [-0.2, -0.15) is 0 Å². The lowest BCUT2D eigenvalue weighted by atomic mass is 10.1. The van der Waals surface area contributed by atoms with E-state index in [0.29, 0.717) is 10.5 Å². The fraction of sp³-hybridized carbons (Fsp3) is 0.350. The lowest BCUT2D eigenvalue weighted by Crippen LogP contribution is -2.21. The number of rotatable bonds is 4. The molecule has 0 bridgehead atoms. The highest BCUT2D eigenvalue weighted by Crippen LogP contribution is 2.28. The van der Waals surface area contributed by atoms with Crippen LogP contribution < -0.4 is 10.9 Å². The molecule has 142 valence electrons. The Balaban J connectivity index is 1.80. The van der Waals surface area contributed by atoms with Crippen LogP contribution in [0.4, 0.5) is 5.69 Å². The number of carbonyl (C=O) groups is 1. The number of aryl methyl sites for hydroxylation is 5. The average Bonchev–Trinajstić information content (AvgIpc) is 2.87. The molecule has 5 nitrogen and oxygen atoms in total. The van der Waals surface area contributed by atoms with E-state index in [9.17, 15) is 9.59 Å². The third-order valence-corrected chi connectivity index (χ3v) is 6.77. The Hall–Kier alpha value is -2.12. The number of thioether (sulfide) groups is 1. The van der Waals surface area contributed by atoms with Crippen LogP contribution >= 0.6 is 23.1 Å². The number of carbonyl (C=O) groups excluding carboxylic acids is 1. The first-order valence-corrected chi connectivity index (χ1v) is 10.5. The molecule has 0 unspecified atom stereocenters. The van der Waals surface area contributed by atoms with Gasteiger partial charge in [-0.05, 0) is 51.3 Å². The molecule has 7 heteroatoms. The fourth-order valence-corrected chi connectivity index (χ4v) is 5.01. The van der Waals surface area contributed by atoms with Crippen LogP contribution in [0, 0.1) is 34.6 Å². The monoisotopic (exact) mass is 401 g/mol. The van der Waals surface area contributed by atoms with Gasteiger partial charge in [-0.3, -0.25) is 14.2 Å². The molecule has 0 aliphatic heterocycles. The van der Waals surface area contributed by atoms with E-state index in [1.807, 2.05) is 34.6 Å². The number of fused-ring (bicyclic) bond motifs is 1. The summed E-state index contributed by atoms with van der Waals surface area (Å²) < 4.78 is 1.53. The summed E-state index contributed by atoms with van der Waals surface area (Å²) in [4.78, 5) is 31.5. The van der Waals surface area contributed by atoms with E-state index in [1.165, 1.54) is 33.2 Å². The molecular weight excluding hydrogens is 378 g/mol. The normalized spacial score (nSPS) is 11.2. The van der Waals surface area contributed by atoms with Crippen LogP contribution in [0.3, 0.4) is 0 Å². The van der Waals surface area contributed by atoms with E-state index in [2.05, 4.69) is 22.4 Å². The minimum atomic E-state index is -0.108. The lowest BCUT2D eigenvalue weighted by Gasteiger charge is -2.13. The van der Waals surface area contributed by atoms with Crippen LogP contribution in [-0.4, -0.2) is 21.2 Å². The molecular formula is C20H23N3O2S2. The maximum absolute atomic E-state index is 12.7. The van der Waals surface area contributed by atoms with Crippen molar-refractivity contribution in [1.82, 2.24) is 9.55 Å². The Labute approximate surface area is 166 Å². The first-order chi connectivity index (χ1) is 12.7. The van der Waals surface area contributed by atoms with Crippen LogP contribution in [-0.2, 0) is 11.8 Å². The third-order valence-electron chi connectivity index (χ3n) is 4.64. The Morgan fingerprint density at radius 1 is 1.19 bits per heavy atom. The van der Waals surface area contributed by atoms with Crippen molar-refractivity contribution in [3.63, 3.8) is 0 Å². The van der Waals surface area contributed by atoms with Crippen LogP contribution in [0.5, 0.6) is 0 Å². The van der Waals surface area contributed by atoms with Gasteiger partial charge >= 0.3 is 0 Å². The van der Waals surface area contributed by atoms with E-state index >= 15 is 0 Å². The number of hydrogen-bond acceptors (Lipinski definition) is 5. The van der Waals surface area contributed by atoms with Crippen LogP contribution in [0.2, 0.25) is 0 Å². The number of hydrogen-bond donors (Lipinski definition) is 1. The SMILES string of the molecule is Cc1cc(C)c(NC(=O)CSc2nc3sc(C)c(C)c3c(=O)n2C)c(C)c1. The molecule has 0 saturated heterocycles. The molecule has 0 spiro atoms. The van der Waals surface area contributed by atoms with Gasteiger partial charge in [0, 0.05) is 17.6 Å². The summed E-state index contributed by atoms with van der Waals surface area (Å²) >= 11 is 2.80. The molecule has 0 atom stereocenters. The zero-order valence-electron chi connectivity index (χ0n) is 16.4. The van der Waals surface area contributed by atoms with E-state index < -0.39 is 0 Å². The highest BCUT2D eigenvalue weighted by molar-refractivity contribution is 7.99. The Morgan fingerprint density at radius 3 is 2.44 bits per heavy atom. The Morgan fingerprint density at radius 2 is 1.81 bits per heavy atom. The second-order valence-corrected chi connectivity index (χ2v) is 8.98. The van der Waals surface area contributed by atoms with Gasteiger partial charge in [0.2, 0.25) is 5.91 Å². The molecule has 1 aromatic carbocycles.